The Morgan fingerprint density at radius 2 is 1.04 bits per heavy atom. The molecule has 1 aliphatic rings. The van der Waals surface area contributed by atoms with E-state index in [1.165, 1.54) is 24.2 Å². The van der Waals surface area contributed by atoms with Crippen molar-refractivity contribution in [2.75, 3.05) is 24.2 Å². The molecule has 0 atom stereocenters. The predicted molar refractivity (Wildman–Crippen MR) is 96.7 cm³/mol. The highest BCUT2D eigenvalue weighted by molar-refractivity contribution is 6.47. The van der Waals surface area contributed by atoms with Gasteiger partial charge in [-0.15, -0.1) is 10.2 Å². The van der Waals surface area contributed by atoms with E-state index in [4.69, 9.17) is 9.47 Å². The molecule has 0 radical (unpaired) electrons. The van der Waals surface area contributed by atoms with Crippen LogP contribution >= 0.6 is 0 Å². The fraction of sp³-hybridized carbons (Fsp3) is 0.111. The van der Waals surface area contributed by atoms with Crippen molar-refractivity contribution in [3.05, 3.63) is 60.7 Å². The average Bonchev–Trinajstić information content (AvgIpc) is 2.73. The second kappa shape index (κ2) is 7.47. The molecule has 0 spiro atoms. The van der Waals surface area contributed by atoms with E-state index >= 15 is 0 Å². The zero-order chi connectivity index (χ0) is 18.5. The van der Waals surface area contributed by atoms with Crippen LogP contribution in [0.3, 0.4) is 0 Å². The molecule has 0 saturated heterocycles. The zero-order valence-corrected chi connectivity index (χ0v) is 14.2. The van der Waals surface area contributed by atoms with Crippen molar-refractivity contribution in [2.24, 2.45) is 10.2 Å². The molecule has 26 heavy (non-hydrogen) atoms. The molecule has 0 aromatic heterocycles. The molecule has 8 nitrogen and oxygen atoms in total. The Labute approximate surface area is 149 Å². The van der Waals surface area contributed by atoms with E-state index in [2.05, 4.69) is 10.2 Å². The van der Waals surface area contributed by atoms with E-state index in [-0.39, 0.29) is 11.7 Å². The number of benzene rings is 2. The van der Waals surface area contributed by atoms with Crippen LogP contribution in [0, 0.1) is 0 Å². The second-order valence-corrected chi connectivity index (χ2v) is 5.13. The molecule has 3 rings (SSSR count). The maximum absolute atomic E-state index is 12.3. The summed E-state index contributed by atoms with van der Waals surface area (Å²) in [6.07, 6.45) is 0. The smallest absolute Gasteiger partial charge is 0.377 e. The molecule has 2 aromatic rings. The minimum atomic E-state index is -0.692. The first-order chi connectivity index (χ1) is 12.7. The fourth-order valence-electron chi connectivity index (χ4n) is 2.30. The van der Waals surface area contributed by atoms with Crippen LogP contribution in [-0.2, 0) is 19.1 Å². The van der Waals surface area contributed by atoms with Crippen molar-refractivity contribution >= 4 is 35.0 Å². The molecule has 2 aromatic carbocycles. The van der Waals surface area contributed by atoms with Gasteiger partial charge in [-0.3, -0.25) is 0 Å². The number of amidine groups is 2. The largest absolute Gasteiger partial charge is 0.463 e. The standard InChI is InChI=1S/C18H16N4O4/c1-25-17(23)15-19-22(14-11-7-4-8-12-14)16(18(24)26-2)20-21(15)13-9-5-3-6-10-13/h3-12H,1-2H3. The van der Waals surface area contributed by atoms with Crippen molar-refractivity contribution in [1.82, 2.24) is 0 Å². The number of hydrazone groups is 2. The van der Waals surface area contributed by atoms with Gasteiger partial charge in [-0.2, -0.15) is 0 Å². The maximum atomic E-state index is 12.3. The normalized spacial score (nSPS) is 13.6. The van der Waals surface area contributed by atoms with E-state index in [9.17, 15) is 9.59 Å². The maximum Gasteiger partial charge on any atom is 0.377 e. The van der Waals surface area contributed by atoms with Crippen LogP contribution in [0.2, 0.25) is 0 Å². The summed E-state index contributed by atoms with van der Waals surface area (Å²) in [6.45, 7) is 0. The molecule has 1 aliphatic heterocycles. The number of carbonyl (C=O) groups is 2. The van der Waals surface area contributed by atoms with Crippen LogP contribution in [0.15, 0.2) is 70.9 Å². The van der Waals surface area contributed by atoms with Crippen LogP contribution in [0.1, 0.15) is 0 Å². The molecule has 0 saturated carbocycles. The van der Waals surface area contributed by atoms with Gasteiger partial charge in [0.15, 0.2) is 0 Å². The molecule has 132 valence electrons. The molecule has 0 N–H and O–H groups in total. The zero-order valence-electron chi connectivity index (χ0n) is 14.2. The molecule has 0 aliphatic carbocycles. The second-order valence-electron chi connectivity index (χ2n) is 5.13. The van der Waals surface area contributed by atoms with Crippen LogP contribution in [0.4, 0.5) is 11.4 Å². The Morgan fingerprint density at radius 1 is 0.692 bits per heavy atom. The summed E-state index contributed by atoms with van der Waals surface area (Å²) < 4.78 is 9.65. The first kappa shape index (κ1) is 17.2. The first-order valence-electron chi connectivity index (χ1n) is 7.70. The van der Waals surface area contributed by atoms with Crippen molar-refractivity contribution in [3.63, 3.8) is 0 Å². The van der Waals surface area contributed by atoms with Gasteiger partial charge in [0.05, 0.1) is 25.6 Å². The number of carbonyl (C=O) groups excluding carboxylic acids is 2. The van der Waals surface area contributed by atoms with Gasteiger partial charge in [0.2, 0.25) is 0 Å². The van der Waals surface area contributed by atoms with Crippen LogP contribution in [0.25, 0.3) is 0 Å². The number of ether oxygens (including phenoxy) is 2. The quantitative estimate of drug-likeness (QED) is 0.783. The third-order valence-electron chi connectivity index (χ3n) is 3.53. The molecule has 0 unspecified atom stereocenters. The van der Waals surface area contributed by atoms with Crippen molar-refractivity contribution in [1.29, 1.82) is 0 Å². The van der Waals surface area contributed by atoms with Gasteiger partial charge >= 0.3 is 11.9 Å². The van der Waals surface area contributed by atoms with E-state index in [1.54, 1.807) is 48.5 Å². The third kappa shape index (κ3) is 3.25. The Bertz CT molecular complexity index is 792. The lowest BCUT2D eigenvalue weighted by Gasteiger charge is -2.29. The molecule has 0 amide bonds. The van der Waals surface area contributed by atoms with Crippen molar-refractivity contribution in [3.8, 4) is 0 Å². The lowest BCUT2D eigenvalue weighted by Crippen LogP contribution is -2.47. The fourth-order valence-corrected chi connectivity index (χ4v) is 2.30. The molecular formula is C18H16N4O4. The third-order valence-corrected chi connectivity index (χ3v) is 3.53. The van der Waals surface area contributed by atoms with Gasteiger partial charge in [0.1, 0.15) is 0 Å². The number of hydrogen-bond donors (Lipinski definition) is 0. The summed E-state index contributed by atoms with van der Waals surface area (Å²) in [5.41, 5.74) is 1.09. The lowest BCUT2D eigenvalue weighted by molar-refractivity contribution is -0.134. The minimum Gasteiger partial charge on any atom is -0.463 e. The van der Waals surface area contributed by atoms with Gasteiger partial charge < -0.3 is 9.47 Å². The van der Waals surface area contributed by atoms with E-state index in [0.717, 1.165) is 0 Å². The summed E-state index contributed by atoms with van der Waals surface area (Å²) in [5, 5.41) is 11.1. The van der Waals surface area contributed by atoms with Gasteiger partial charge in [0.25, 0.3) is 11.7 Å². The summed E-state index contributed by atoms with van der Waals surface area (Å²) in [6, 6.07) is 17.7. The van der Waals surface area contributed by atoms with E-state index in [1.807, 2.05) is 12.1 Å². The molecule has 8 heteroatoms. The lowest BCUT2D eigenvalue weighted by atomic mass is 10.3. The monoisotopic (exact) mass is 352 g/mol. The highest BCUT2D eigenvalue weighted by Crippen LogP contribution is 2.23. The SMILES string of the molecule is COC(=O)C1=NN(c2ccccc2)C(C(=O)OC)=NN1c1ccccc1. The summed E-state index contributed by atoms with van der Waals surface area (Å²) in [4.78, 5) is 24.5. The molecular weight excluding hydrogens is 336 g/mol. The number of rotatable bonds is 4. The summed E-state index contributed by atoms with van der Waals surface area (Å²) in [7, 11) is 2.50. The number of esters is 2. The van der Waals surface area contributed by atoms with Gasteiger partial charge in [0, 0.05) is 0 Å². The number of methoxy groups -OCH3 is 2. The Hall–Kier alpha value is -3.68. The van der Waals surface area contributed by atoms with E-state index in [0.29, 0.717) is 11.4 Å². The van der Waals surface area contributed by atoms with Crippen LogP contribution in [-0.4, -0.2) is 37.8 Å². The van der Waals surface area contributed by atoms with E-state index < -0.39 is 11.9 Å². The number of nitrogens with zero attached hydrogens (tertiary/aromatic N) is 4. The molecule has 1 heterocycles. The first-order valence-corrected chi connectivity index (χ1v) is 7.70. The van der Waals surface area contributed by atoms with Crippen LogP contribution in [0.5, 0.6) is 0 Å². The molecule has 0 fully saturated rings. The Kier molecular flexibility index (Phi) is 4.93. The van der Waals surface area contributed by atoms with Crippen molar-refractivity contribution < 1.29 is 19.1 Å². The van der Waals surface area contributed by atoms with Gasteiger partial charge in [-0.25, -0.2) is 19.6 Å². The van der Waals surface area contributed by atoms with Crippen molar-refractivity contribution in [2.45, 2.75) is 0 Å². The molecule has 0 bridgehead atoms. The minimum absolute atomic E-state index is 0.0878. The number of anilines is 2. The number of hydrogen-bond acceptors (Lipinski definition) is 8. The topological polar surface area (TPSA) is 83.8 Å². The Morgan fingerprint density at radius 3 is 1.35 bits per heavy atom. The predicted octanol–water partition coefficient (Wildman–Crippen LogP) is 1.99. The average molecular weight is 352 g/mol. The summed E-state index contributed by atoms with van der Waals surface area (Å²) >= 11 is 0. The number of para-hydroxylation sites is 2. The highest BCUT2D eigenvalue weighted by atomic mass is 16.5. The summed E-state index contributed by atoms with van der Waals surface area (Å²) in [5.74, 6) is -1.56. The highest BCUT2D eigenvalue weighted by Gasteiger charge is 2.34. The Balaban J connectivity index is 2.15. The van der Waals surface area contributed by atoms with Gasteiger partial charge in [-0.05, 0) is 24.3 Å². The van der Waals surface area contributed by atoms with Gasteiger partial charge in [-0.1, -0.05) is 36.4 Å². The van der Waals surface area contributed by atoms with Crippen LogP contribution < -0.4 is 10.0 Å².